The van der Waals surface area contributed by atoms with E-state index in [0.717, 1.165) is 4.47 Å². The zero-order chi connectivity index (χ0) is 14.7. The molecule has 0 aliphatic heterocycles. The summed E-state index contributed by atoms with van der Waals surface area (Å²) in [5.41, 5.74) is 7.21. The van der Waals surface area contributed by atoms with Gasteiger partial charge in [-0.3, -0.25) is 0 Å². The van der Waals surface area contributed by atoms with Crippen molar-refractivity contribution in [2.75, 3.05) is 14.2 Å². The Morgan fingerprint density at radius 1 is 1.10 bits per heavy atom. The molecular formula is C15H15BrFNO2. The summed E-state index contributed by atoms with van der Waals surface area (Å²) >= 11 is 3.38. The number of methoxy groups -OCH3 is 2. The van der Waals surface area contributed by atoms with E-state index in [1.54, 1.807) is 25.3 Å². The molecule has 0 radical (unpaired) electrons. The molecule has 106 valence electrons. The number of halogens is 2. The Labute approximate surface area is 125 Å². The smallest absolute Gasteiger partial charge is 0.132 e. The van der Waals surface area contributed by atoms with E-state index in [-0.39, 0.29) is 0 Å². The molecule has 0 fully saturated rings. The predicted molar refractivity (Wildman–Crippen MR) is 79.7 cm³/mol. The van der Waals surface area contributed by atoms with Gasteiger partial charge in [-0.1, -0.05) is 22.0 Å². The normalized spacial score (nSPS) is 12.1. The molecule has 2 N–H and O–H groups in total. The fourth-order valence-corrected chi connectivity index (χ4v) is 2.48. The zero-order valence-electron chi connectivity index (χ0n) is 11.2. The van der Waals surface area contributed by atoms with E-state index in [0.29, 0.717) is 22.6 Å². The van der Waals surface area contributed by atoms with Crippen molar-refractivity contribution in [3.63, 3.8) is 0 Å². The van der Waals surface area contributed by atoms with Gasteiger partial charge in [0.25, 0.3) is 0 Å². The lowest BCUT2D eigenvalue weighted by Gasteiger charge is -2.19. The molecule has 20 heavy (non-hydrogen) atoms. The quantitative estimate of drug-likeness (QED) is 0.924. The number of rotatable bonds is 4. The Morgan fingerprint density at radius 2 is 1.80 bits per heavy atom. The molecule has 0 heterocycles. The Morgan fingerprint density at radius 3 is 2.45 bits per heavy atom. The van der Waals surface area contributed by atoms with Crippen LogP contribution in [-0.2, 0) is 0 Å². The molecule has 0 aliphatic rings. The highest BCUT2D eigenvalue weighted by Crippen LogP contribution is 2.36. The van der Waals surface area contributed by atoms with E-state index < -0.39 is 11.9 Å². The summed E-state index contributed by atoms with van der Waals surface area (Å²) in [6, 6.07) is 9.39. The van der Waals surface area contributed by atoms with Gasteiger partial charge in [0, 0.05) is 10.0 Å². The second kappa shape index (κ2) is 6.24. The SMILES string of the molecule is COc1ccc(Br)cc1C(N)c1c(F)cccc1OC. The first kappa shape index (κ1) is 14.8. The molecule has 0 bridgehead atoms. The molecule has 0 aliphatic carbocycles. The Balaban J connectivity index is 2.57. The van der Waals surface area contributed by atoms with Crippen LogP contribution in [0.1, 0.15) is 17.2 Å². The fourth-order valence-electron chi connectivity index (χ4n) is 2.10. The van der Waals surface area contributed by atoms with Gasteiger partial charge in [-0.15, -0.1) is 0 Å². The van der Waals surface area contributed by atoms with Crippen LogP contribution >= 0.6 is 15.9 Å². The Bertz CT molecular complexity index is 619. The predicted octanol–water partition coefficient (Wildman–Crippen LogP) is 3.65. The number of nitrogens with two attached hydrogens (primary N) is 1. The van der Waals surface area contributed by atoms with Gasteiger partial charge in [-0.25, -0.2) is 4.39 Å². The molecule has 2 aromatic rings. The van der Waals surface area contributed by atoms with Crippen molar-refractivity contribution in [3.05, 3.63) is 57.8 Å². The molecular weight excluding hydrogens is 325 g/mol. The minimum absolute atomic E-state index is 0.311. The number of ether oxygens (including phenoxy) is 2. The van der Waals surface area contributed by atoms with Crippen LogP contribution in [0.5, 0.6) is 11.5 Å². The third-order valence-corrected chi connectivity index (χ3v) is 3.56. The summed E-state index contributed by atoms with van der Waals surface area (Å²) in [7, 11) is 3.04. The molecule has 0 aromatic heterocycles. The van der Waals surface area contributed by atoms with Crippen LogP contribution in [0.25, 0.3) is 0 Å². The van der Waals surface area contributed by atoms with Crippen LogP contribution < -0.4 is 15.2 Å². The third-order valence-electron chi connectivity index (χ3n) is 3.07. The second-order valence-electron chi connectivity index (χ2n) is 4.22. The van der Waals surface area contributed by atoms with E-state index in [2.05, 4.69) is 15.9 Å². The molecule has 3 nitrogen and oxygen atoms in total. The van der Waals surface area contributed by atoms with E-state index in [4.69, 9.17) is 15.2 Å². The summed E-state index contributed by atoms with van der Waals surface area (Å²) in [5, 5.41) is 0. The Hall–Kier alpha value is -1.59. The molecule has 2 aromatic carbocycles. The maximum absolute atomic E-state index is 14.1. The average molecular weight is 340 g/mol. The molecule has 0 spiro atoms. The van der Waals surface area contributed by atoms with Crippen LogP contribution in [0, 0.1) is 5.82 Å². The van der Waals surface area contributed by atoms with Gasteiger partial charge in [0.2, 0.25) is 0 Å². The first-order valence-electron chi connectivity index (χ1n) is 6.00. The van der Waals surface area contributed by atoms with Crippen LogP contribution in [0.2, 0.25) is 0 Å². The summed E-state index contributed by atoms with van der Waals surface area (Å²) in [6.45, 7) is 0. The van der Waals surface area contributed by atoms with Crippen LogP contribution in [0.4, 0.5) is 4.39 Å². The largest absolute Gasteiger partial charge is 0.496 e. The average Bonchev–Trinajstić information content (AvgIpc) is 2.46. The summed E-state index contributed by atoms with van der Waals surface area (Å²) < 4.78 is 25.4. The van der Waals surface area contributed by atoms with Gasteiger partial charge >= 0.3 is 0 Å². The van der Waals surface area contributed by atoms with E-state index >= 15 is 0 Å². The fraction of sp³-hybridized carbons (Fsp3) is 0.200. The van der Waals surface area contributed by atoms with Crippen molar-refractivity contribution in [3.8, 4) is 11.5 Å². The molecule has 1 unspecified atom stereocenters. The number of hydrogen-bond donors (Lipinski definition) is 1. The van der Waals surface area contributed by atoms with Gasteiger partial charge < -0.3 is 15.2 Å². The Kier molecular flexibility index (Phi) is 4.62. The molecule has 1 atom stereocenters. The van der Waals surface area contributed by atoms with Crippen LogP contribution in [0.15, 0.2) is 40.9 Å². The minimum Gasteiger partial charge on any atom is -0.496 e. The number of hydrogen-bond acceptors (Lipinski definition) is 3. The molecule has 0 saturated heterocycles. The molecule has 0 saturated carbocycles. The first-order chi connectivity index (χ1) is 9.58. The maximum Gasteiger partial charge on any atom is 0.132 e. The molecule has 2 rings (SSSR count). The van der Waals surface area contributed by atoms with Crippen molar-refractivity contribution in [1.29, 1.82) is 0 Å². The van der Waals surface area contributed by atoms with Crippen LogP contribution in [0.3, 0.4) is 0 Å². The molecule has 0 amide bonds. The zero-order valence-corrected chi connectivity index (χ0v) is 12.8. The minimum atomic E-state index is -0.682. The molecule has 5 heteroatoms. The van der Waals surface area contributed by atoms with Gasteiger partial charge in [0.15, 0.2) is 0 Å². The maximum atomic E-state index is 14.1. The third kappa shape index (κ3) is 2.78. The monoisotopic (exact) mass is 339 g/mol. The lowest BCUT2D eigenvalue weighted by molar-refractivity contribution is 0.395. The highest BCUT2D eigenvalue weighted by atomic mass is 79.9. The van der Waals surface area contributed by atoms with E-state index in [1.165, 1.54) is 13.2 Å². The first-order valence-corrected chi connectivity index (χ1v) is 6.79. The van der Waals surface area contributed by atoms with Crippen molar-refractivity contribution in [2.45, 2.75) is 6.04 Å². The summed E-state index contributed by atoms with van der Waals surface area (Å²) in [5.74, 6) is 0.615. The van der Waals surface area contributed by atoms with Crippen molar-refractivity contribution in [1.82, 2.24) is 0 Å². The van der Waals surface area contributed by atoms with Gasteiger partial charge in [0.05, 0.1) is 25.8 Å². The van der Waals surface area contributed by atoms with Crippen molar-refractivity contribution >= 4 is 15.9 Å². The summed E-state index contributed by atoms with van der Waals surface area (Å²) in [4.78, 5) is 0. The lowest BCUT2D eigenvalue weighted by Crippen LogP contribution is -2.16. The topological polar surface area (TPSA) is 44.5 Å². The van der Waals surface area contributed by atoms with Crippen molar-refractivity contribution in [2.24, 2.45) is 5.73 Å². The second-order valence-corrected chi connectivity index (χ2v) is 5.14. The van der Waals surface area contributed by atoms with E-state index in [9.17, 15) is 4.39 Å². The van der Waals surface area contributed by atoms with E-state index in [1.807, 2.05) is 12.1 Å². The summed E-state index contributed by atoms with van der Waals surface area (Å²) in [6.07, 6.45) is 0. The van der Waals surface area contributed by atoms with Gasteiger partial charge in [-0.2, -0.15) is 0 Å². The standard InChI is InChI=1S/C15H15BrFNO2/c1-19-12-7-6-9(16)8-10(12)15(18)14-11(17)4-3-5-13(14)20-2/h3-8,15H,18H2,1-2H3. The lowest BCUT2D eigenvalue weighted by atomic mass is 9.97. The highest BCUT2D eigenvalue weighted by molar-refractivity contribution is 9.10. The van der Waals surface area contributed by atoms with Gasteiger partial charge in [-0.05, 0) is 30.3 Å². The van der Waals surface area contributed by atoms with Crippen LogP contribution in [-0.4, -0.2) is 14.2 Å². The van der Waals surface area contributed by atoms with Gasteiger partial charge in [0.1, 0.15) is 17.3 Å². The highest BCUT2D eigenvalue weighted by Gasteiger charge is 2.21. The van der Waals surface area contributed by atoms with Crippen molar-refractivity contribution < 1.29 is 13.9 Å². The number of benzene rings is 2.